The molecule has 0 radical (unpaired) electrons. The number of aliphatic hydroxyl groups excluding tert-OH is 1. The fraction of sp³-hybridized carbons (Fsp3) is 0.310. The van der Waals surface area contributed by atoms with Crippen molar-refractivity contribution in [2.24, 2.45) is 5.92 Å². The number of benzene rings is 3. The summed E-state index contributed by atoms with van der Waals surface area (Å²) < 4.78 is 12.9. The number of carbonyl (C=O) groups excluding carboxylic acids is 1. The monoisotopic (exact) mass is 521 g/mol. The van der Waals surface area contributed by atoms with Crippen LogP contribution < -0.4 is 5.32 Å². The predicted molar refractivity (Wildman–Crippen MR) is 141 cm³/mol. The van der Waals surface area contributed by atoms with E-state index in [9.17, 15) is 14.7 Å². The number of carbonyl (C=O) groups is 2. The molecule has 3 N–H and O–H groups in total. The van der Waals surface area contributed by atoms with Crippen molar-refractivity contribution in [1.29, 1.82) is 0 Å². The smallest absolute Gasteiger partial charge is 0.335 e. The van der Waals surface area contributed by atoms with Gasteiger partial charge in [-0.3, -0.25) is 4.79 Å². The molecule has 1 amide bonds. The second-order valence-corrected chi connectivity index (χ2v) is 10.2. The van der Waals surface area contributed by atoms with Crippen LogP contribution in [-0.4, -0.2) is 33.9 Å². The van der Waals surface area contributed by atoms with Crippen LogP contribution in [0.25, 0.3) is 0 Å². The largest absolute Gasteiger partial charge is 0.478 e. The topological polar surface area (TPSA) is 105 Å². The van der Waals surface area contributed by atoms with Gasteiger partial charge in [0.15, 0.2) is 6.29 Å². The molecule has 4 rings (SSSR count). The minimum atomic E-state index is -0.945. The fourth-order valence-corrected chi connectivity index (χ4v) is 5.27. The Kier molecular flexibility index (Phi) is 9.00. The second kappa shape index (κ2) is 12.4. The van der Waals surface area contributed by atoms with Crippen molar-refractivity contribution in [3.05, 3.63) is 101 Å². The van der Waals surface area contributed by atoms with Gasteiger partial charge in [0.05, 0.1) is 24.4 Å². The Bertz CT molecular complexity index is 1200. The Balaban J connectivity index is 1.53. The Morgan fingerprint density at radius 3 is 2.11 bits per heavy atom. The number of aliphatic hydroxyl groups is 1. The molecule has 194 valence electrons. The molecular weight excluding hydrogens is 490 g/mol. The maximum Gasteiger partial charge on any atom is 0.335 e. The van der Waals surface area contributed by atoms with Crippen LogP contribution in [0.15, 0.2) is 77.7 Å². The van der Waals surface area contributed by atoms with Crippen LogP contribution in [0.1, 0.15) is 58.9 Å². The number of ether oxygens (including phenoxy) is 2. The zero-order chi connectivity index (χ0) is 26.4. The van der Waals surface area contributed by atoms with Gasteiger partial charge in [0.1, 0.15) is 0 Å². The average molecular weight is 522 g/mol. The van der Waals surface area contributed by atoms with Crippen molar-refractivity contribution in [3.63, 3.8) is 0 Å². The lowest BCUT2D eigenvalue weighted by Gasteiger charge is -2.41. The molecule has 7 nitrogen and oxygen atoms in total. The van der Waals surface area contributed by atoms with Crippen molar-refractivity contribution in [3.8, 4) is 0 Å². The van der Waals surface area contributed by atoms with E-state index in [1.54, 1.807) is 23.9 Å². The minimum absolute atomic E-state index is 0.0160. The first kappa shape index (κ1) is 26.9. The standard InChI is InChI=1S/C29H31NO6S/c1-18-26(17-37-25-13-11-23(12-14-25)28(33)34)35-29(24-9-3-20(4-10-24)15-30-19(2)32)36-27(18)22-7-5-21(16-31)6-8-22/h3-14,18,26-27,29,31H,15-17H2,1-2H3,(H,30,32)(H,33,34). The quantitative estimate of drug-likeness (QED) is 0.337. The SMILES string of the molecule is CC(=O)NCc1ccc(C2OC(CSc3ccc(C(=O)O)cc3)C(C)C(c3ccc(CO)cc3)O2)cc1. The zero-order valence-corrected chi connectivity index (χ0v) is 21.6. The minimum Gasteiger partial charge on any atom is -0.478 e. The summed E-state index contributed by atoms with van der Waals surface area (Å²) in [6, 6.07) is 22.4. The van der Waals surface area contributed by atoms with Gasteiger partial charge in [0.2, 0.25) is 5.91 Å². The van der Waals surface area contributed by atoms with Crippen LogP contribution in [0.5, 0.6) is 0 Å². The zero-order valence-electron chi connectivity index (χ0n) is 20.8. The van der Waals surface area contributed by atoms with E-state index in [0.29, 0.717) is 12.3 Å². The Morgan fingerprint density at radius 2 is 1.51 bits per heavy atom. The predicted octanol–water partition coefficient (Wildman–Crippen LogP) is 5.10. The van der Waals surface area contributed by atoms with Gasteiger partial charge < -0.3 is 25.0 Å². The Hall–Kier alpha value is -3.17. The highest BCUT2D eigenvalue weighted by Crippen LogP contribution is 2.43. The average Bonchev–Trinajstić information content (AvgIpc) is 2.92. The molecule has 0 spiro atoms. The molecule has 1 aliphatic rings. The van der Waals surface area contributed by atoms with E-state index in [4.69, 9.17) is 14.6 Å². The van der Waals surface area contributed by atoms with Crippen molar-refractivity contribution in [2.45, 2.75) is 50.4 Å². The third-order valence-corrected chi connectivity index (χ3v) is 7.53. The molecule has 0 bridgehead atoms. The molecule has 1 heterocycles. The van der Waals surface area contributed by atoms with Gasteiger partial charge >= 0.3 is 5.97 Å². The van der Waals surface area contributed by atoms with E-state index in [0.717, 1.165) is 27.1 Å². The molecule has 8 heteroatoms. The summed E-state index contributed by atoms with van der Waals surface area (Å²) in [7, 11) is 0. The normalized spacial score (nSPS) is 21.4. The van der Waals surface area contributed by atoms with Crippen molar-refractivity contribution >= 4 is 23.6 Å². The fourth-order valence-electron chi connectivity index (χ4n) is 4.20. The summed E-state index contributed by atoms with van der Waals surface area (Å²) in [5, 5.41) is 21.4. The number of aromatic carboxylic acids is 1. The van der Waals surface area contributed by atoms with Crippen LogP contribution >= 0.6 is 11.8 Å². The highest BCUT2D eigenvalue weighted by molar-refractivity contribution is 7.99. The molecule has 1 aliphatic heterocycles. The first-order chi connectivity index (χ1) is 17.8. The molecule has 3 aromatic rings. The molecule has 1 saturated heterocycles. The summed E-state index contributed by atoms with van der Waals surface area (Å²) in [6.07, 6.45) is -0.927. The summed E-state index contributed by atoms with van der Waals surface area (Å²) in [6.45, 7) is 4.04. The molecule has 37 heavy (non-hydrogen) atoms. The van der Waals surface area contributed by atoms with Crippen LogP contribution in [0.2, 0.25) is 0 Å². The van der Waals surface area contributed by atoms with Gasteiger partial charge in [-0.1, -0.05) is 55.5 Å². The van der Waals surface area contributed by atoms with Gasteiger partial charge in [-0.05, 0) is 41.0 Å². The highest BCUT2D eigenvalue weighted by atomic mass is 32.2. The maximum atomic E-state index is 11.2. The molecule has 3 aromatic carbocycles. The first-order valence-corrected chi connectivity index (χ1v) is 13.1. The molecule has 1 fully saturated rings. The van der Waals surface area contributed by atoms with Crippen LogP contribution in [0, 0.1) is 5.92 Å². The number of amides is 1. The number of hydrogen-bond donors (Lipinski definition) is 3. The summed E-state index contributed by atoms with van der Waals surface area (Å²) in [5.41, 5.74) is 3.98. The van der Waals surface area contributed by atoms with E-state index in [1.165, 1.54) is 6.92 Å². The summed E-state index contributed by atoms with van der Waals surface area (Å²) >= 11 is 1.62. The van der Waals surface area contributed by atoms with E-state index >= 15 is 0 Å². The molecule has 0 aliphatic carbocycles. The van der Waals surface area contributed by atoms with Crippen LogP contribution in [0.4, 0.5) is 0 Å². The number of thioether (sulfide) groups is 1. The van der Waals surface area contributed by atoms with E-state index in [1.807, 2.05) is 60.7 Å². The third-order valence-electron chi connectivity index (χ3n) is 6.43. The Morgan fingerprint density at radius 1 is 0.892 bits per heavy atom. The summed E-state index contributed by atoms with van der Waals surface area (Å²) in [4.78, 5) is 23.4. The lowest BCUT2D eigenvalue weighted by molar-refractivity contribution is -0.268. The van der Waals surface area contributed by atoms with E-state index in [-0.39, 0.29) is 36.2 Å². The lowest BCUT2D eigenvalue weighted by Crippen LogP contribution is -2.38. The van der Waals surface area contributed by atoms with E-state index < -0.39 is 12.3 Å². The number of hydrogen-bond acceptors (Lipinski definition) is 6. The number of rotatable bonds is 9. The third kappa shape index (κ3) is 6.99. The summed E-state index contributed by atoms with van der Waals surface area (Å²) in [5.74, 6) is -0.316. The number of carboxylic acids is 1. The van der Waals surface area contributed by atoms with Gasteiger partial charge in [0.25, 0.3) is 0 Å². The molecule has 0 aromatic heterocycles. The molecule has 4 unspecified atom stereocenters. The van der Waals surface area contributed by atoms with Crippen LogP contribution in [0.3, 0.4) is 0 Å². The van der Waals surface area contributed by atoms with E-state index in [2.05, 4.69) is 12.2 Å². The lowest BCUT2D eigenvalue weighted by atomic mass is 9.91. The van der Waals surface area contributed by atoms with Gasteiger partial charge in [-0.15, -0.1) is 11.8 Å². The van der Waals surface area contributed by atoms with Gasteiger partial charge in [0, 0.05) is 35.6 Å². The number of nitrogens with one attached hydrogen (secondary N) is 1. The van der Waals surface area contributed by atoms with Crippen LogP contribution in [-0.2, 0) is 27.4 Å². The first-order valence-electron chi connectivity index (χ1n) is 12.1. The van der Waals surface area contributed by atoms with Gasteiger partial charge in [-0.2, -0.15) is 0 Å². The van der Waals surface area contributed by atoms with Crippen molar-refractivity contribution < 1.29 is 29.3 Å². The molecule has 0 saturated carbocycles. The van der Waals surface area contributed by atoms with Gasteiger partial charge in [-0.25, -0.2) is 4.79 Å². The second-order valence-electron chi connectivity index (χ2n) is 9.11. The Labute approximate surface area is 220 Å². The maximum absolute atomic E-state index is 11.2. The molecule has 4 atom stereocenters. The molecular formula is C29H31NO6S. The van der Waals surface area contributed by atoms with Crippen molar-refractivity contribution in [2.75, 3.05) is 5.75 Å². The highest BCUT2D eigenvalue weighted by Gasteiger charge is 2.38. The number of carboxylic acid groups (broad SMARTS) is 1. The van der Waals surface area contributed by atoms with Crippen molar-refractivity contribution in [1.82, 2.24) is 5.32 Å².